The van der Waals surface area contributed by atoms with Gasteiger partial charge in [0.2, 0.25) is 11.8 Å². The second-order valence-electron chi connectivity index (χ2n) is 10.2. The first-order chi connectivity index (χ1) is 15.5. The van der Waals surface area contributed by atoms with Crippen LogP contribution in [0.25, 0.3) is 11.1 Å². The van der Waals surface area contributed by atoms with Gasteiger partial charge >= 0.3 is 0 Å². The smallest absolute Gasteiger partial charge is 0.244 e. The van der Waals surface area contributed by atoms with Gasteiger partial charge in [0, 0.05) is 44.4 Å². The van der Waals surface area contributed by atoms with E-state index < -0.39 is 0 Å². The maximum atomic E-state index is 13.3. The van der Waals surface area contributed by atoms with Crippen LogP contribution < -0.4 is 5.32 Å². The Morgan fingerprint density at radius 2 is 1.81 bits per heavy atom. The van der Waals surface area contributed by atoms with Crippen LogP contribution in [0.2, 0.25) is 0 Å². The van der Waals surface area contributed by atoms with Crippen LogP contribution in [0.5, 0.6) is 0 Å². The predicted octanol–water partition coefficient (Wildman–Crippen LogP) is 2.70. The van der Waals surface area contributed by atoms with E-state index in [9.17, 15) is 9.59 Å². The molecular formula is C25H31N5O2. The topological polar surface area (TPSA) is 70.5 Å². The van der Waals surface area contributed by atoms with Gasteiger partial charge in [-0.25, -0.2) is 0 Å². The summed E-state index contributed by atoms with van der Waals surface area (Å²) in [7, 11) is 1.92. The molecule has 4 aliphatic rings. The standard InChI is InChI=1S/C25H31N5O2/c1-28-16-21(14-26-28)18-2-4-19(5-3-18)22-27-25(10-11-25)24(32)30(22)15-17-8-12-29(13-9-17)23(31)20-6-7-20/h2-5,14,16-17,20,22,27H,6-13,15H2,1H3. The zero-order chi connectivity index (χ0) is 21.9. The zero-order valence-electron chi connectivity index (χ0n) is 18.7. The molecule has 2 saturated heterocycles. The van der Waals surface area contributed by atoms with Crippen LogP contribution >= 0.6 is 0 Å². The lowest BCUT2D eigenvalue weighted by Crippen LogP contribution is -2.43. The van der Waals surface area contributed by atoms with Gasteiger partial charge in [-0.1, -0.05) is 24.3 Å². The first-order valence-electron chi connectivity index (χ1n) is 12.0. The Bertz CT molecular complexity index is 1030. The molecule has 168 valence electrons. The molecule has 7 heteroatoms. The summed E-state index contributed by atoms with van der Waals surface area (Å²) < 4.78 is 1.81. The molecule has 2 aliphatic heterocycles. The monoisotopic (exact) mass is 433 g/mol. The van der Waals surface area contributed by atoms with Crippen LogP contribution in [0.15, 0.2) is 36.7 Å². The average Bonchev–Trinajstić information content (AvgIpc) is 3.73. The summed E-state index contributed by atoms with van der Waals surface area (Å²) in [5.74, 6) is 1.36. The largest absolute Gasteiger partial charge is 0.342 e. The lowest BCUT2D eigenvalue weighted by molar-refractivity contribution is -0.135. The quantitative estimate of drug-likeness (QED) is 0.787. The summed E-state index contributed by atoms with van der Waals surface area (Å²) >= 11 is 0. The van der Waals surface area contributed by atoms with Crippen molar-refractivity contribution in [3.8, 4) is 11.1 Å². The van der Waals surface area contributed by atoms with Gasteiger partial charge in [-0.3, -0.25) is 19.6 Å². The Kier molecular flexibility index (Phi) is 4.64. The third-order valence-corrected chi connectivity index (χ3v) is 7.72. The number of nitrogens with zero attached hydrogens (tertiary/aromatic N) is 4. The van der Waals surface area contributed by atoms with E-state index in [1.807, 2.05) is 24.1 Å². The Balaban J connectivity index is 1.16. The second-order valence-corrected chi connectivity index (χ2v) is 10.2. The Labute approximate surface area is 188 Å². The Morgan fingerprint density at radius 3 is 2.41 bits per heavy atom. The predicted molar refractivity (Wildman–Crippen MR) is 120 cm³/mol. The number of carbonyl (C=O) groups is 2. The van der Waals surface area contributed by atoms with E-state index >= 15 is 0 Å². The van der Waals surface area contributed by atoms with Crippen molar-refractivity contribution < 1.29 is 9.59 Å². The van der Waals surface area contributed by atoms with E-state index in [1.54, 1.807) is 0 Å². The minimum atomic E-state index is -0.338. The first kappa shape index (κ1) is 20.0. The van der Waals surface area contributed by atoms with Crippen molar-refractivity contribution >= 4 is 11.8 Å². The molecule has 2 aromatic rings. The van der Waals surface area contributed by atoms with Gasteiger partial charge < -0.3 is 9.80 Å². The lowest BCUT2D eigenvalue weighted by atomic mass is 9.95. The molecule has 1 aromatic heterocycles. The number of nitrogens with one attached hydrogen (secondary N) is 1. The van der Waals surface area contributed by atoms with Crippen molar-refractivity contribution in [2.24, 2.45) is 18.9 Å². The number of aromatic nitrogens is 2. The summed E-state index contributed by atoms with van der Waals surface area (Å²) in [5.41, 5.74) is 3.02. The fourth-order valence-corrected chi connectivity index (χ4v) is 5.36. The normalized spacial score (nSPS) is 25.0. The highest BCUT2D eigenvalue weighted by molar-refractivity contribution is 5.92. The maximum Gasteiger partial charge on any atom is 0.244 e. The van der Waals surface area contributed by atoms with Crippen LogP contribution in [0.4, 0.5) is 0 Å². The Morgan fingerprint density at radius 1 is 1.09 bits per heavy atom. The molecule has 0 radical (unpaired) electrons. The number of amides is 2. The van der Waals surface area contributed by atoms with Gasteiger partial charge in [0.05, 0.1) is 6.20 Å². The van der Waals surface area contributed by atoms with E-state index in [1.165, 1.54) is 0 Å². The molecule has 1 unspecified atom stereocenters. The van der Waals surface area contributed by atoms with Crippen molar-refractivity contribution in [3.05, 3.63) is 42.2 Å². The van der Waals surface area contributed by atoms with E-state index in [4.69, 9.17) is 0 Å². The minimum Gasteiger partial charge on any atom is -0.342 e. The number of piperidine rings is 1. The van der Waals surface area contributed by atoms with Crippen LogP contribution in [0, 0.1) is 11.8 Å². The highest BCUT2D eigenvalue weighted by atomic mass is 16.2. The number of hydrogen-bond acceptors (Lipinski definition) is 4. The van der Waals surface area contributed by atoms with Gasteiger partial charge in [-0.05, 0) is 55.6 Å². The van der Waals surface area contributed by atoms with Gasteiger partial charge in [0.25, 0.3) is 0 Å². The van der Waals surface area contributed by atoms with E-state index in [-0.39, 0.29) is 17.6 Å². The van der Waals surface area contributed by atoms with Crippen molar-refractivity contribution in [1.29, 1.82) is 0 Å². The van der Waals surface area contributed by atoms with Gasteiger partial charge in [-0.2, -0.15) is 5.10 Å². The molecule has 1 atom stereocenters. The van der Waals surface area contributed by atoms with E-state index in [0.717, 1.165) is 74.8 Å². The molecule has 1 N–H and O–H groups in total. The molecule has 2 saturated carbocycles. The summed E-state index contributed by atoms with van der Waals surface area (Å²) in [5, 5.41) is 7.92. The van der Waals surface area contributed by atoms with Crippen molar-refractivity contribution in [1.82, 2.24) is 24.9 Å². The number of carbonyl (C=O) groups excluding carboxylic acids is 2. The fourth-order valence-electron chi connectivity index (χ4n) is 5.36. The molecule has 3 heterocycles. The van der Waals surface area contributed by atoms with E-state index in [2.05, 4.69) is 44.5 Å². The third-order valence-electron chi connectivity index (χ3n) is 7.72. The summed E-state index contributed by atoms with van der Waals surface area (Å²) in [6.45, 7) is 2.45. The number of aryl methyl sites for hydroxylation is 1. The third kappa shape index (κ3) is 3.52. The molecule has 2 aliphatic carbocycles. The van der Waals surface area contributed by atoms with Crippen LogP contribution in [0.1, 0.15) is 50.3 Å². The minimum absolute atomic E-state index is 0.0703. The fraction of sp³-hybridized carbons (Fsp3) is 0.560. The van der Waals surface area contributed by atoms with Crippen molar-refractivity contribution in [2.75, 3.05) is 19.6 Å². The highest BCUT2D eigenvalue weighted by Crippen LogP contribution is 2.46. The Hall–Kier alpha value is -2.67. The van der Waals surface area contributed by atoms with Gasteiger partial charge in [0.1, 0.15) is 11.7 Å². The summed E-state index contributed by atoms with van der Waals surface area (Å²) in [6.07, 6.45) is 9.78. The average molecular weight is 434 g/mol. The van der Waals surface area contributed by atoms with E-state index in [0.29, 0.717) is 17.7 Å². The number of likely N-dealkylation sites (tertiary alicyclic amines) is 1. The molecule has 2 amide bonds. The van der Waals surface area contributed by atoms with Gasteiger partial charge in [0.15, 0.2) is 0 Å². The molecule has 1 aromatic carbocycles. The molecule has 7 nitrogen and oxygen atoms in total. The summed E-state index contributed by atoms with van der Waals surface area (Å²) in [4.78, 5) is 29.8. The molecule has 4 fully saturated rings. The number of hydrogen-bond donors (Lipinski definition) is 1. The molecule has 32 heavy (non-hydrogen) atoms. The summed E-state index contributed by atoms with van der Waals surface area (Å²) in [6, 6.07) is 8.52. The maximum absolute atomic E-state index is 13.3. The zero-order valence-corrected chi connectivity index (χ0v) is 18.7. The number of benzene rings is 1. The van der Waals surface area contributed by atoms with Gasteiger partial charge in [-0.15, -0.1) is 0 Å². The molecule has 1 spiro atoms. The first-order valence-corrected chi connectivity index (χ1v) is 12.0. The van der Waals surface area contributed by atoms with Crippen LogP contribution in [0.3, 0.4) is 0 Å². The van der Waals surface area contributed by atoms with Crippen LogP contribution in [-0.2, 0) is 16.6 Å². The molecular weight excluding hydrogens is 402 g/mol. The lowest BCUT2D eigenvalue weighted by Gasteiger charge is -2.35. The SMILES string of the molecule is Cn1cc(-c2ccc(C3NC4(CC4)C(=O)N3CC3CCN(C(=O)C4CC4)CC3)cc2)cn1. The van der Waals surface area contributed by atoms with Crippen LogP contribution in [-0.4, -0.2) is 56.6 Å². The second kappa shape index (κ2) is 7.44. The van der Waals surface area contributed by atoms with Crippen molar-refractivity contribution in [2.45, 2.75) is 50.2 Å². The molecule has 0 bridgehead atoms. The van der Waals surface area contributed by atoms with Crippen molar-refractivity contribution in [3.63, 3.8) is 0 Å². The highest BCUT2D eigenvalue weighted by Gasteiger charge is 2.59. The number of rotatable bonds is 5. The molecule has 6 rings (SSSR count).